The molecule has 23 heavy (non-hydrogen) atoms. The summed E-state index contributed by atoms with van der Waals surface area (Å²) in [7, 11) is 1.54. The van der Waals surface area contributed by atoms with Crippen molar-refractivity contribution < 1.29 is 14.3 Å². The smallest absolute Gasteiger partial charge is 0.271 e. The second kappa shape index (κ2) is 6.56. The number of rotatable bonds is 6. The van der Waals surface area contributed by atoms with E-state index in [2.05, 4.69) is 15.6 Å². The number of H-pyrrole nitrogens is 1. The van der Waals surface area contributed by atoms with E-state index in [1.165, 1.54) is 7.05 Å². The zero-order chi connectivity index (χ0) is 16.2. The molecule has 2 aromatic rings. The van der Waals surface area contributed by atoms with Gasteiger partial charge in [0.1, 0.15) is 18.0 Å². The summed E-state index contributed by atoms with van der Waals surface area (Å²) in [6.07, 6.45) is 2.01. The third-order valence-electron chi connectivity index (χ3n) is 3.63. The number of hydrogen-bond donors (Lipinski definition) is 3. The summed E-state index contributed by atoms with van der Waals surface area (Å²) in [5.74, 6) is -0.167. The van der Waals surface area contributed by atoms with E-state index in [0.717, 1.165) is 18.4 Å². The highest BCUT2D eigenvalue weighted by Gasteiger charge is 2.26. The first kappa shape index (κ1) is 15.1. The Morgan fingerprint density at radius 1 is 1.22 bits per heavy atom. The summed E-state index contributed by atoms with van der Waals surface area (Å²) in [6, 6.07) is 11.5. The van der Waals surface area contributed by atoms with Crippen LogP contribution in [0.2, 0.25) is 0 Å². The van der Waals surface area contributed by atoms with E-state index < -0.39 is 0 Å². The van der Waals surface area contributed by atoms with E-state index in [0.29, 0.717) is 18.1 Å². The molecule has 6 heteroatoms. The molecule has 3 N–H and O–H groups in total. The fraction of sp³-hybridized carbons (Fsp3) is 0.294. The monoisotopic (exact) mass is 313 g/mol. The molecule has 1 aliphatic carbocycles. The van der Waals surface area contributed by atoms with Crippen LogP contribution in [0.3, 0.4) is 0 Å². The Bertz CT molecular complexity index is 705. The molecule has 0 spiro atoms. The number of amides is 2. The Morgan fingerprint density at radius 2 is 1.96 bits per heavy atom. The first-order valence-electron chi connectivity index (χ1n) is 7.60. The van der Waals surface area contributed by atoms with Gasteiger partial charge in [0.2, 0.25) is 0 Å². The second-order valence-corrected chi connectivity index (χ2v) is 5.52. The molecule has 0 atom stereocenters. The maximum Gasteiger partial charge on any atom is 0.271 e. The largest absolute Gasteiger partial charge is 0.486 e. The van der Waals surface area contributed by atoms with Crippen molar-refractivity contribution in [3.8, 4) is 5.75 Å². The van der Waals surface area contributed by atoms with Crippen molar-refractivity contribution in [3.63, 3.8) is 0 Å². The summed E-state index contributed by atoms with van der Waals surface area (Å²) in [5, 5.41) is 5.43. The van der Waals surface area contributed by atoms with Gasteiger partial charge in [0.05, 0.1) is 0 Å². The van der Waals surface area contributed by atoms with Crippen LogP contribution in [-0.4, -0.2) is 29.9 Å². The van der Waals surface area contributed by atoms with Crippen LogP contribution in [0.25, 0.3) is 0 Å². The van der Waals surface area contributed by atoms with E-state index in [1.807, 2.05) is 30.3 Å². The molecule has 1 aromatic carbocycles. The molecule has 1 aliphatic rings. The predicted molar refractivity (Wildman–Crippen MR) is 85.4 cm³/mol. The average molecular weight is 313 g/mol. The highest BCUT2D eigenvalue weighted by atomic mass is 16.5. The normalized spacial score (nSPS) is 13.4. The van der Waals surface area contributed by atoms with Crippen LogP contribution in [0.4, 0.5) is 0 Å². The molecule has 1 fully saturated rings. The lowest BCUT2D eigenvalue weighted by Gasteiger charge is -2.06. The van der Waals surface area contributed by atoms with Crippen LogP contribution in [0.15, 0.2) is 36.4 Å². The second-order valence-electron chi connectivity index (χ2n) is 5.52. The predicted octanol–water partition coefficient (Wildman–Crippen LogP) is 1.85. The Labute approximate surface area is 134 Å². The van der Waals surface area contributed by atoms with Crippen LogP contribution < -0.4 is 15.4 Å². The maximum absolute atomic E-state index is 12.1. The maximum atomic E-state index is 12.1. The lowest BCUT2D eigenvalue weighted by molar-refractivity contribution is 0.0946. The fourth-order valence-electron chi connectivity index (χ4n) is 2.19. The van der Waals surface area contributed by atoms with Gasteiger partial charge in [0.15, 0.2) is 5.75 Å². The van der Waals surface area contributed by atoms with Gasteiger partial charge < -0.3 is 20.4 Å². The third-order valence-corrected chi connectivity index (χ3v) is 3.63. The molecule has 0 aliphatic heterocycles. The van der Waals surface area contributed by atoms with Crippen molar-refractivity contribution in [3.05, 3.63) is 53.3 Å². The number of carbonyl (C=O) groups excluding carboxylic acids is 2. The molecule has 1 aromatic heterocycles. The molecule has 0 bridgehead atoms. The van der Waals surface area contributed by atoms with Crippen LogP contribution in [0.1, 0.15) is 39.4 Å². The molecule has 0 radical (unpaired) electrons. The van der Waals surface area contributed by atoms with Crippen molar-refractivity contribution in [1.82, 2.24) is 15.6 Å². The standard InChI is InChI=1S/C17H19N3O3/c1-18-17(22)15-14(23-10-11-5-3-2-4-6-11)9-13(20-15)16(21)19-12-7-8-12/h2-6,9,12,20H,7-8,10H2,1H3,(H,18,22)(H,19,21). The van der Waals surface area contributed by atoms with Gasteiger partial charge >= 0.3 is 0 Å². The van der Waals surface area contributed by atoms with Crippen molar-refractivity contribution >= 4 is 11.8 Å². The van der Waals surface area contributed by atoms with Crippen molar-refractivity contribution in [1.29, 1.82) is 0 Å². The van der Waals surface area contributed by atoms with Gasteiger partial charge in [-0.05, 0) is 18.4 Å². The summed E-state index contributed by atoms with van der Waals surface area (Å²) in [6.45, 7) is 0.326. The topological polar surface area (TPSA) is 83.2 Å². The van der Waals surface area contributed by atoms with Crippen molar-refractivity contribution in [2.24, 2.45) is 0 Å². The number of nitrogens with one attached hydrogen (secondary N) is 3. The zero-order valence-corrected chi connectivity index (χ0v) is 12.9. The van der Waals surface area contributed by atoms with E-state index in [4.69, 9.17) is 4.74 Å². The highest BCUT2D eigenvalue weighted by Crippen LogP contribution is 2.23. The minimum absolute atomic E-state index is 0.216. The summed E-state index contributed by atoms with van der Waals surface area (Å²) in [5.41, 5.74) is 1.57. The van der Waals surface area contributed by atoms with E-state index in [-0.39, 0.29) is 23.6 Å². The molecule has 2 amide bonds. The van der Waals surface area contributed by atoms with Crippen LogP contribution >= 0.6 is 0 Å². The van der Waals surface area contributed by atoms with Crippen molar-refractivity contribution in [2.75, 3.05) is 7.05 Å². The molecule has 3 rings (SSSR count). The number of ether oxygens (including phenoxy) is 1. The van der Waals surface area contributed by atoms with Gasteiger partial charge in [-0.1, -0.05) is 30.3 Å². The van der Waals surface area contributed by atoms with Gasteiger partial charge in [-0.3, -0.25) is 9.59 Å². The minimum atomic E-state index is -0.321. The number of benzene rings is 1. The summed E-state index contributed by atoms with van der Waals surface area (Å²) >= 11 is 0. The van der Waals surface area contributed by atoms with E-state index in [9.17, 15) is 9.59 Å². The van der Waals surface area contributed by atoms with E-state index >= 15 is 0 Å². The van der Waals surface area contributed by atoms with E-state index in [1.54, 1.807) is 6.07 Å². The number of aromatic amines is 1. The molecule has 1 saturated carbocycles. The zero-order valence-electron chi connectivity index (χ0n) is 12.9. The quantitative estimate of drug-likeness (QED) is 0.761. The van der Waals surface area contributed by atoms with Gasteiger partial charge in [-0.25, -0.2) is 0 Å². The van der Waals surface area contributed by atoms with Gasteiger partial charge in [0, 0.05) is 19.2 Å². The molecular formula is C17H19N3O3. The van der Waals surface area contributed by atoms with Crippen LogP contribution in [-0.2, 0) is 6.61 Å². The van der Waals surface area contributed by atoms with Crippen LogP contribution in [0.5, 0.6) is 5.75 Å². The average Bonchev–Trinajstić information content (AvgIpc) is 3.28. The van der Waals surface area contributed by atoms with Gasteiger partial charge in [-0.15, -0.1) is 0 Å². The Kier molecular flexibility index (Phi) is 4.32. The molecular weight excluding hydrogens is 294 g/mol. The third kappa shape index (κ3) is 3.71. The molecule has 120 valence electrons. The van der Waals surface area contributed by atoms with Crippen molar-refractivity contribution in [2.45, 2.75) is 25.5 Å². The van der Waals surface area contributed by atoms with Gasteiger partial charge in [0.25, 0.3) is 11.8 Å². The SMILES string of the molecule is CNC(=O)c1[nH]c(C(=O)NC2CC2)cc1OCc1ccccc1. The highest BCUT2D eigenvalue weighted by molar-refractivity contribution is 5.99. The minimum Gasteiger partial charge on any atom is -0.486 e. The Morgan fingerprint density at radius 3 is 2.61 bits per heavy atom. The molecule has 6 nitrogen and oxygen atoms in total. The fourth-order valence-corrected chi connectivity index (χ4v) is 2.19. The Hall–Kier alpha value is -2.76. The first-order chi connectivity index (χ1) is 11.2. The Balaban J connectivity index is 1.77. The number of aromatic nitrogens is 1. The van der Waals surface area contributed by atoms with Crippen LogP contribution in [0, 0.1) is 0 Å². The lowest BCUT2D eigenvalue weighted by Crippen LogP contribution is -2.26. The molecule has 0 saturated heterocycles. The number of hydrogen-bond acceptors (Lipinski definition) is 3. The molecule has 0 unspecified atom stereocenters. The number of carbonyl (C=O) groups is 2. The summed E-state index contributed by atoms with van der Waals surface area (Å²) in [4.78, 5) is 26.9. The lowest BCUT2D eigenvalue weighted by atomic mass is 10.2. The first-order valence-corrected chi connectivity index (χ1v) is 7.60. The molecule has 1 heterocycles. The summed E-state index contributed by atoms with van der Waals surface area (Å²) < 4.78 is 5.73. The van der Waals surface area contributed by atoms with Gasteiger partial charge in [-0.2, -0.15) is 0 Å².